The maximum atomic E-state index is 12.1. The second kappa shape index (κ2) is 6.25. The van der Waals surface area contributed by atoms with Gasteiger partial charge in [0.25, 0.3) is 0 Å². The molecule has 0 fully saturated rings. The number of aryl methyl sites for hydroxylation is 1. The highest BCUT2D eigenvalue weighted by atomic mass is 16.2. The van der Waals surface area contributed by atoms with Crippen molar-refractivity contribution in [2.24, 2.45) is 0 Å². The van der Waals surface area contributed by atoms with Gasteiger partial charge in [0, 0.05) is 6.42 Å². The van der Waals surface area contributed by atoms with Gasteiger partial charge in [-0.3, -0.25) is 4.79 Å². The minimum atomic E-state index is -0.322. The van der Waals surface area contributed by atoms with Crippen LogP contribution in [0.15, 0.2) is 24.3 Å². The van der Waals surface area contributed by atoms with Crippen LogP contribution in [0.5, 0.6) is 0 Å². The van der Waals surface area contributed by atoms with E-state index in [0.717, 1.165) is 29.7 Å². The lowest BCUT2D eigenvalue weighted by Crippen LogP contribution is -2.31. The van der Waals surface area contributed by atoms with Crippen LogP contribution in [0.1, 0.15) is 32.1 Å². The summed E-state index contributed by atoms with van der Waals surface area (Å²) in [6.45, 7) is 4.23. The topological polar surface area (TPSA) is 46.9 Å². The first-order valence-corrected chi connectivity index (χ1v) is 6.86. The molecule has 2 rings (SSSR count). The minimum Gasteiger partial charge on any atom is -0.343 e. The fourth-order valence-corrected chi connectivity index (χ4v) is 2.33. The lowest BCUT2D eigenvalue weighted by molar-refractivity contribution is -0.123. The third kappa shape index (κ3) is 2.67. The van der Waals surface area contributed by atoms with Gasteiger partial charge in [0.2, 0.25) is 5.91 Å². The van der Waals surface area contributed by atoms with Crippen LogP contribution in [-0.2, 0) is 11.2 Å². The number of nitrogens with zero attached hydrogens (tertiary/aromatic N) is 2. The van der Waals surface area contributed by atoms with Crippen molar-refractivity contribution in [3.8, 4) is 12.3 Å². The number of hydrogen-bond donors (Lipinski definition) is 1. The summed E-state index contributed by atoms with van der Waals surface area (Å²) in [6, 6.07) is 7.56. The Hall–Kier alpha value is -2.28. The Bertz CT molecular complexity index is 651. The Morgan fingerprint density at radius 1 is 1.50 bits per heavy atom. The van der Waals surface area contributed by atoms with Gasteiger partial charge in [0.1, 0.15) is 11.9 Å². The van der Waals surface area contributed by atoms with Gasteiger partial charge in [-0.1, -0.05) is 25.0 Å². The van der Waals surface area contributed by atoms with Crippen LogP contribution in [0, 0.1) is 12.3 Å². The van der Waals surface area contributed by atoms with Gasteiger partial charge in [-0.05, 0) is 25.5 Å². The van der Waals surface area contributed by atoms with Crippen molar-refractivity contribution in [2.45, 2.75) is 32.7 Å². The molecular formula is C16H19N3O. The predicted octanol–water partition coefficient (Wildman–Crippen LogP) is 2.30. The minimum absolute atomic E-state index is 0.0801. The molecule has 0 bridgehead atoms. The predicted molar refractivity (Wildman–Crippen MR) is 80.3 cm³/mol. The molecule has 2 aromatic rings. The van der Waals surface area contributed by atoms with Gasteiger partial charge >= 0.3 is 0 Å². The Kier molecular flexibility index (Phi) is 4.41. The van der Waals surface area contributed by atoms with Crippen LogP contribution in [0.2, 0.25) is 0 Å². The molecule has 0 aliphatic heterocycles. The number of carbonyl (C=O) groups excluding carboxylic acids is 1. The molecule has 0 radical (unpaired) electrons. The second-order valence-electron chi connectivity index (χ2n) is 4.73. The number of benzene rings is 1. The zero-order chi connectivity index (χ0) is 14.5. The van der Waals surface area contributed by atoms with E-state index in [4.69, 9.17) is 6.42 Å². The normalized spacial score (nSPS) is 12.1. The monoisotopic (exact) mass is 269 g/mol. The van der Waals surface area contributed by atoms with E-state index in [9.17, 15) is 4.79 Å². The average molecular weight is 269 g/mol. The molecule has 1 atom stereocenters. The number of carbonyl (C=O) groups is 1. The SMILES string of the molecule is C#CCNC(=O)C(C)n1c(CCC)nc2ccccc21. The zero-order valence-electron chi connectivity index (χ0n) is 11.9. The van der Waals surface area contributed by atoms with Crippen LogP contribution in [0.3, 0.4) is 0 Å². The second-order valence-corrected chi connectivity index (χ2v) is 4.73. The van der Waals surface area contributed by atoms with Gasteiger partial charge < -0.3 is 9.88 Å². The fraction of sp³-hybridized carbons (Fsp3) is 0.375. The van der Waals surface area contributed by atoms with Crippen molar-refractivity contribution >= 4 is 16.9 Å². The summed E-state index contributed by atoms with van der Waals surface area (Å²) in [5.74, 6) is 3.28. The van der Waals surface area contributed by atoms with E-state index in [1.165, 1.54) is 0 Å². The van der Waals surface area contributed by atoms with E-state index in [1.54, 1.807) is 0 Å². The molecule has 0 spiro atoms. The summed E-state index contributed by atoms with van der Waals surface area (Å²) >= 11 is 0. The maximum absolute atomic E-state index is 12.1. The highest BCUT2D eigenvalue weighted by molar-refractivity contribution is 5.84. The molecule has 1 heterocycles. The number of imidazole rings is 1. The smallest absolute Gasteiger partial charge is 0.243 e. The van der Waals surface area contributed by atoms with Crippen LogP contribution in [0.4, 0.5) is 0 Å². The van der Waals surface area contributed by atoms with E-state index in [-0.39, 0.29) is 18.5 Å². The highest BCUT2D eigenvalue weighted by Gasteiger charge is 2.20. The Labute approximate surface area is 119 Å². The molecule has 0 saturated heterocycles. The van der Waals surface area contributed by atoms with E-state index >= 15 is 0 Å². The Morgan fingerprint density at radius 3 is 2.95 bits per heavy atom. The van der Waals surface area contributed by atoms with Crippen molar-refractivity contribution in [1.29, 1.82) is 0 Å². The summed E-state index contributed by atoms with van der Waals surface area (Å²) < 4.78 is 2.00. The van der Waals surface area contributed by atoms with E-state index in [0.29, 0.717) is 0 Å². The molecular weight excluding hydrogens is 250 g/mol. The molecule has 1 unspecified atom stereocenters. The lowest BCUT2D eigenvalue weighted by Gasteiger charge is -2.16. The van der Waals surface area contributed by atoms with Crippen molar-refractivity contribution in [3.63, 3.8) is 0 Å². The number of aromatic nitrogens is 2. The van der Waals surface area contributed by atoms with Crippen LogP contribution in [-0.4, -0.2) is 22.0 Å². The van der Waals surface area contributed by atoms with Gasteiger partial charge in [0.05, 0.1) is 17.6 Å². The fourth-order valence-electron chi connectivity index (χ4n) is 2.33. The summed E-state index contributed by atoms with van der Waals surface area (Å²) in [6.07, 6.45) is 7.02. The number of fused-ring (bicyclic) bond motifs is 1. The molecule has 4 heteroatoms. The summed E-state index contributed by atoms with van der Waals surface area (Å²) in [5, 5.41) is 2.73. The quantitative estimate of drug-likeness (QED) is 0.847. The lowest BCUT2D eigenvalue weighted by atomic mass is 10.2. The Balaban J connectivity index is 2.42. The number of amides is 1. The van der Waals surface area contributed by atoms with E-state index < -0.39 is 0 Å². The number of nitrogens with one attached hydrogen (secondary N) is 1. The third-order valence-electron chi connectivity index (χ3n) is 3.27. The van der Waals surface area contributed by atoms with Gasteiger partial charge in [-0.25, -0.2) is 4.98 Å². The van der Waals surface area contributed by atoms with Gasteiger partial charge in [-0.15, -0.1) is 6.42 Å². The zero-order valence-corrected chi connectivity index (χ0v) is 11.9. The maximum Gasteiger partial charge on any atom is 0.243 e. The number of para-hydroxylation sites is 2. The summed E-state index contributed by atoms with van der Waals surface area (Å²) in [7, 11) is 0. The average Bonchev–Trinajstić information content (AvgIpc) is 2.82. The third-order valence-corrected chi connectivity index (χ3v) is 3.27. The van der Waals surface area contributed by atoms with Crippen LogP contribution >= 0.6 is 0 Å². The largest absolute Gasteiger partial charge is 0.343 e. The van der Waals surface area contributed by atoms with Crippen molar-refractivity contribution in [1.82, 2.24) is 14.9 Å². The molecule has 4 nitrogen and oxygen atoms in total. The standard InChI is InChI=1S/C16H19N3O/c1-4-8-15-18-13-9-6-7-10-14(13)19(15)12(3)16(20)17-11-5-2/h2,6-7,9-10,12H,4,8,11H2,1,3H3,(H,17,20). The molecule has 1 N–H and O–H groups in total. The molecule has 0 aliphatic carbocycles. The first kappa shape index (κ1) is 14.1. The molecule has 104 valence electrons. The number of hydrogen-bond acceptors (Lipinski definition) is 2. The first-order valence-electron chi connectivity index (χ1n) is 6.86. The van der Waals surface area contributed by atoms with Crippen molar-refractivity contribution in [3.05, 3.63) is 30.1 Å². The van der Waals surface area contributed by atoms with Crippen molar-refractivity contribution < 1.29 is 4.79 Å². The summed E-state index contributed by atoms with van der Waals surface area (Å²) in [4.78, 5) is 16.8. The number of rotatable bonds is 5. The molecule has 20 heavy (non-hydrogen) atoms. The van der Waals surface area contributed by atoms with E-state index in [1.807, 2.05) is 35.8 Å². The van der Waals surface area contributed by atoms with Crippen LogP contribution < -0.4 is 5.32 Å². The van der Waals surface area contributed by atoms with E-state index in [2.05, 4.69) is 23.1 Å². The Morgan fingerprint density at radius 2 is 2.25 bits per heavy atom. The molecule has 0 aliphatic rings. The molecule has 1 aromatic heterocycles. The van der Waals surface area contributed by atoms with Crippen LogP contribution in [0.25, 0.3) is 11.0 Å². The van der Waals surface area contributed by atoms with Gasteiger partial charge in [0.15, 0.2) is 0 Å². The molecule has 0 saturated carbocycles. The molecule has 1 amide bonds. The number of terminal acetylenes is 1. The molecule has 1 aromatic carbocycles. The summed E-state index contributed by atoms with van der Waals surface area (Å²) in [5.41, 5.74) is 1.91. The first-order chi connectivity index (χ1) is 9.69. The highest BCUT2D eigenvalue weighted by Crippen LogP contribution is 2.22. The van der Waals surface area contributed by atoms with Gasteiger partial charge in [-0.2, -0.15) is 0 Å². The van der Waals surface area contributed by atoms with Crippen molar-refractivity contribution in [2.75, 3.05) is 6.54 Å².